The maximum absolute atomic E-state index is 13.6. The summed E-state index contributed by atoms with van der Waals surface area (Å²) in [5, 5.41) is 0. The lowest BCUT2D eigenvalue weighted by atomic mass is 9.75. The lowest BCUT2D eigenvalue weighted by Crippen LogP contribution is -2.41. The number of methoxy groups -OCH3 is 1. The van der Waals surface area contributed by atoms with Gasteiger partial charge in [0.05, 0.1) is 24.7 Å². The molecule has 4 nitrogen and oxygen atoms in total. The van der Waals surface area contributed by atoms with Crippen LogP contribution in [-0.4, -0.2) is 31.4 Å². The van der Waals surface area contributed by atoms with Crippen molar-refractivity contribution in [1.29, 1.82) is 0 Å². The Kier molecular flexibility index (Phi) is 4.13. The lowest BCUT2D eigenvalue weighted by molar-refractivity contribution is -0.139. The van der Waals surface area contributed by atoms with Crippen LogP contribution in [0.4, 0.5) is 4.39 Å². The van der Waals surface area contributed by atoms with Gasteiger partial charge in [-0.15, -0.1) is 0 Å². The summed E-state index contributed by atoms with van der Waals surface area (Å²) in [6, 6.07) is 4.22. The van der Waals surface area contributed by atoms with Crippen molar-refractivity contribution in [2.75, 3.05) is 7.11 Å². The minimum atomic E-state index is -0.703. The number of halogens is 1. The molecule has 1 heterocycles. The summed E-state index contributed by atoms with van der Waals surface area (Å²) in [4.78, 5) is 11.5. The van der Waals surface area contributed by atoms with Gasteiger partial charge in [0.25, 0.3) is 0 Å². The second-order valence-corrected chi connectivity index (χ2v) is 6.18. The maximum atomic E-state index is 13.6. The molecule has 1 aromatic carbocycles. The first-order valence-electron chi connectivity index (χ1n) is 6.87. The highest BCUT2D eigenvalue weighted by Crippen LogP contribution is 2.36. The van der Waals surface area contributed by atoms with Gasteiger partial charge in [-0.3, -0.25) is 4.79 Å². The number of benzene rings is 1. The number of rotatable bonds is 3. The molecule has 0 amide bonds. The molecule has 0 saturated carbocycles. The van der Waals surface area contributed by atoms with Crippen molar-refractivity contribution in [3.05, 3.63) is 29.6 Å². The smallest absolute Gasteiger partial charge is 0.469 e. The number of carbonyl (C=O) groups is 1. The molecule has 114 valence electrons. The first kappa shape index (κ1) is 16.0. The van der Waals surface area contributed by atoms with Gasteiger partial charge in [0, 0.05) is 0 Å². The number of esters is 1. The Morgan fingerprint density at radius 3 is 2.33 bits per heavy atom. The Morgan fingerprint density at radius 1 is 1.24 bits per heavy atom. The second-order valence-electron chi connectivity index (χ2n) is 6.18. The number of hydrogen-bond donors (Lipinski definition) is 0. The Bertz CT molecular complexity index is 541. The SMILES string of the molecule is COC(=O)Cc1ccc(F)cc1B1OC(C)(C)C(C)(C)O1. The van der Waals surface area contributed by atoms with Crippen LogP contribution in [0.3, 0.4) is 0 Å². The van der Waals surface area contributed by atoms with Crippen molar-refractivity contribution in [3.8, 4) is 0 Å². The minimum absolute atomic E-state index is 0.0518. The van der Waals surface area contributed by atoms with E-state index in [9.17, 15) is 9.18 Å². The molecule has 0 bridgehead atoms. The van der Waals surface area contributed by atoms with Crippen LogP contribution in [0.1, 0.15) is 33.3 Å². The van der Waals surface area contributed by atoms with Crippen molar-refractivity contribution in [3.63, 3.8) is 0 Å². The standard InChI is InChI=1S/C15H20BFO4/c1-14(2)15(3,4)21-16(20-14)12-9-11(17)7-6-10(12)8-13(18)19-5/h6-7,9H,8H2,1-5H3. The lowest BCUT2D eigenvalue weighted by Gasteiger charge is -2.32. The predicted molar refractivity (Wildman–Crippen MR) is 77.8 cm³/mol. The van der Waals surface area contributed by atoms with Crippen LogP contribution < -0.4 is 5.46 Å². The van der Waals surface area contributed by atoms with Crippen molar-refractivity contribution < 1.29 is 23.2 Å². The highest BCUT2D eigenvalue weighted by molar-refractivity contribution is 6.62. The number of hydrogen-bond acceptors (Lipinski definition) is 4. The van der Waals surface area contributed by atoms with Crippen LogP contribution in [0.25, 0.3) is 0 Å². The Labute approximate surface area is 124 Å². The van der Waals surface area contributed by atoms with Crippen molar-refractivity contribution in [2.24, 2.45) is 0 Å². The summed E-state index contributed by atoms with van der Waals surface area (Å²) in [6.07, 6.45) is 0.0518. The molecule has 6 heteroatoms. The third-order valence-electron chi connectivity index (χ3n) is 4.18. The fraction of sp³-hybridized carbons (Fsp3) is 0.533. The van der Waals surface area contributed by atoms with Crippen LogP contribution in [0.15, 0.2) is 18.2 Å². The third-order valence-corrected chi connectivity index (χ3v) is 4.18. The highest BCUT2D eigenvalue weighted by atomic mass is 19.1. The van der Waals surface area contributed by atoms with Crippen LogP contribution >= 0.6 is 0 Å². The van der Waals surface area contributed by atoms with Gasteiger partial charge in [-0.1, -0.05) is 6.07 Å². The van der Waals surface area contributed by atoms with E-state index >= 15 is 0 Å². The van der Waals surface area contributed by atoms with Crippen molar-refractivity contribution in [2.45, 2.75) is 45.3 Å². The molecule has 1 aromatic rings. The first-order valence-corrected chi connectivity index (χ1v) is 6.87. The fourth-order valence-corrected chi connectivity index (χ4v) is 2.14. The summed E-state index contributed by atoms with van der Waals surface area (Å²) >= 11 is 0. The maximum Gasteiger partial charge on any atom is 0.495 e. The molecule has 0 N–H and O–H groups in total. The van der Waals surface area contributed by atoms with E-state index in [1.54, 1.807) is 6.07 Å². The third kappa shape index (κ3) is 3.11. The normalized spacial score (nSPS) is 19.6. The Morgan fingerprint density at radius 2 is 1.81 bits per heavy atom. The summed E-state index contributed by atoms with van der Waals surface area (Å²) in [5.74, 6) is -0.785. The average molecular weight is 294 g/mol. The zero-order valence-corrected chi connectivity index (χ0v) is 13.0. The zero-order chi connectivity index (χ0) is 15.8. The first-order chi connectivity index (χ1) is 9.66. The zero-order valence-electron chi connectivity index (χ0n) is 13.0. The van der Waals surface area contributed by atoms with Crippen LogP contribution in [0.5, 0.6) is 0 Å². The van der Waals surface area contributed by atoms with E-state index < -0.39 is 24.1 Å². The van der Waals surface area contributed by atoms with Crippen LogP contribution in [0.2, 0.25) is 0 Å². The summed E-state index contributed by atoms with van der Waals surface area (Å²) in [7, 11) is 0.616. The molecule has 21 heavy (non-hydrogen) atoms. The molecule has 0 unspecified atom stereocenters. The molecular weight excluding hydrogens is 274 g/mol. The predicted octanol–water partition coefficient (Wildman–Crippen LogP) is 1.84. The summed E-state index contributed by atoms with van der Waals surface area (Å²) in [5.41, 5.74) is 0.125. The molecule has 1 aliphatic heterocycles. The molecule has 0 aromatic heterocycles. The van der Waals surface area contributed by atoms with E-state index in [1.165, 1.54) is 19.2 Å². The van der Waals surface area contributed by atoms with Gasteiger partial charge in [0.2, 0.25) is 0 Å². The van der Waals surface area contributed by atoms with Gasteiger partial charge in [-0.25, -0.2) is 4.39 Å². The van der Waals surface area contributed by atoms with Gasteiger partial charge in [-0.2, -0.15) is 0 Å². The van der Waals surface area contributed by atoms with Gasteiger partial charge in [-0.05, 0) is 50.9 Å². The monoisotopic (exact) mass is 294 g/mol. The van der Waals surface area contributed by atoms with E-state index in [2.05, 4.69) is 4.74 Å². The van der Waals surface area contributed by atoms with E-state index in [-0.39, 0.29) is 12.4 Å². The van der Waals surface area contributed by atoms with E-state index in [4.69, 9.17) is 9.31 Å². The Balaban J connectivity index is 2.35. The number of ether oxygens (including phenoxy) is 1. The van der Waals surface area contributed by atoms with Gasteiger partial charge in [0.1, 0.15) is 5.82 Å². The average Bonchev–Trinajstić information content (AvgIpc) is 2.60. The van der Waals surface area contributed by atoms with Gasteiger partial charge < -0.3 is 14.0 Å². The fourth-order valence-electron chi connectivity index (χ4n) is 2.14. The Hall–Kier alpha value is -1.40. The van der Waals surface area contributed by atoms with Gasteiger partial charge >= 0.3 is 13.1 Å². The molecule has 0 radical (unpaired) electrons. The molecule has 0 spiro atoms. The molecule has 0 atom stereocenters. The molecule has 1 aliphatic rings. The van der Waals surface area contributed by atoms with Crippen molar-refractivity contribution >= 4 is 18.6 Å². The van der Waals surface area contributed by atoms with Gasteiger partial charge in [0.15, 0.2) is 0 Å². The largest absolute Gasteiger partial charge is 0.495 e. The summed E-state index contributed by atoms with van der Waals surface area (Å²) in [6.45, 7) is 7.69. The van der Waals surface area contributed by atoms with Crippen molar-refractivity contribution in [1.82, 2.24) is 0 Å². The van der Waals surface area contributed by atoms with E-state index in [0.29, 0.717) is 11.0 Å². The topological polar surface area (TPSA) is 44.8 Å². The van der Waals surface area contributed by atoms with E-state index in [0.717, 1.165) is 0 Å². The highest BCUT2D eigenvalue weighted by Gasteiger charge is 2.52. The van der Waals surface area contributed by atoms with Crippen LogP contribution in [-0.2, 0) is 25.3 Å². The second kappa shape index (κ2) is 5.42. The van der Waals surface area contributed by atoms with Crippen LogP contribution in [0, 0.1) is 5.82 Å². The molecule has 0 aliphatic carbocycles. The van der Waals surface area contributed by atoms with E-state index in [1.807, 2.05) is 27.7 Å². The quantitative estimate of drug-likeness (QED) is 0.630. The summed E-state index contributed by atoms with van der Waals surface area (Å²) < 4.78 is 30.1. The molecule has 1 fully saturated rings. The molecule has 2 rings (SSSR count). The number of carbonyl (C=O) groups excluding carboxylic acids is 1. The molecule has 1 saturated heterocycles. The molecular formula is C15H20BFO4. The minimum Gasteiger partial charge on any atom is -0.469 e.